The number of benzene rings is 2. The number of nitrogens with zero attached hydrogens (tertiary/aromatic N) is 3. The van der Waals surface area contributed by atoms with E-state index in [4.69, 9.17) is 21.4 Å². The highest BCUT2D eigenvalue weighted by atomic mass is 32.1. The van der Waals surface area contributed by atoms with E-state index in [1.54, 1.807) is 0 Å². The summed E-state index contributed by atoms with van der Waals surface area (Å²) in [6, 6.07) is 19.2. The molecule has 0 aliphatic heterocycles. The molecule has 9 heteroatoms. The van der Waals surface area contributed by atoms with Crippen LogP contribution in [0.3, 0.4) is 0 Å². The van der Waals surface area contributed by atoms with Crippen molar-refractivity contribution in [3.8, 4) is 17.0 Å². The summed E-state index contributed by atoms with van der Waals surface area (Å²) in [5, 5.41) is 7.55. The zero-order chi connectivity index (χ0) is 20.9. The number of ether oxygens (including phenoxy) is 1. The molecule has 1 amide bonds. The molecule has 2 heterocycles. The number of carbonyl (C=O) groups excluding carboxylic acids is 1. The predicted molar refractivity (Wildman–Crippen MR) is 117 cm³/mol. The molecular weight excluding hydrogens is 420 g/mol. The fourth-order valence-corrected chi connectivity index (χ4v) is 3.83. The van der Waals surface area contributed by atoms with Crippen molar-refractivity contribution >= 4 is 34.6 Å². The Kier molecular flexibility index (Phi) is 6.01. The van der Waals surface area contributed by atoms with Gasteiger partial charge in [-0.25, -0.2) is 9.67 Å². The molecule has 0 fully saturated rings. The van der Waals surface area contributed by atoms with Gasteiger partial charge in [0.2, 0.25) is 5.91 Å². The van der Waals surface area contributed by atoms with Gasteiger partial charge in [0.25, 0.3) is 10.7 Å². The van der Waals surface area contributed by atoms with Gasteiger partial charge in [0, 0.05) is 10.4 Å². The summed E-state index contributed by atoms with van der Waals surface area (Å²) in [5.74, 6) is 0.704. The molecule has 0 unspecified atom stereocenters. The van der Waals surface area contributed by atoms with E-state index in [1.807, 2.05) is 67.6 Å². The molecule has 0 aliphatic rings. The maximum atomic E-state index is 12.5. The molecule has 4 aromatic rings. The Bertz CT molecular complexity index is 1200. The van der Waals surface area contributed by atoms with Crippen LogP contribution in [-0.4, -0.2) is 20.7 Å². The first-order chi connectivity index (χ1) is 14.6. The Morgan fingerprint density at radius 3 is 2.60 bits per heavy atom. The van der Waals surface area contributed by atoms with Crippen molar-refractivity contribution in [1.29, 1.82) is 0 Å². The number of nitrogens with one attached hydrogen (secondary N) is 1. The molecule has 2 aromatic heterocycles. The average molecular weight is 439 g/mol. The lowest BCUT2D eigenvalue weighted by Gasteiger charge is -2.02. The predicted octanol–water partition coefficient (Wildman–Crippen LogP) is 4.86. The van der Waals surface area contributed by atoms with E-state index in [0.717, 1.165) is 16.1 Å². The van der Waals surface area contributed by atoms with Gasteiger partial charge in [-0.1, -0.05) is 48.5 Å². The van der Waals surface area contributed by atoms with E-state index in [2.05, 4.69) is 15.4 Å². The van der Waals surface area contributed by atoms with E-state index in [0.29, 0.717) is 16.8 Å². The van der Waals surface area contributed by atoms with Crippen molar-refractivity contribution in [3.05, 3.63) is 76.3 Å². The third kappa shape index (κ3) is 4.81. The first-order valence-corrected chi connectivity index (χ1v) is 10.4. The topological polar surface area (TPSA) is 82.2 Å². The number of rotatable bonds is 7. The summed E-state index contributed by atoms with van der Waals surface area (Å²) < 4.78 is 12.3. The van der Waals surface area contributed by atoms with Gasteiger partial charge < -0.3 is 14.5 Å². The minimum absolute atomic E-state index is 0.0764. The van der Waals surface area contributed by atoms with E-state index < -0.39 is 0 Å². The number of aromatic nitrogens is 3. The van der Waals surface area contributed by atoms with Gasteiger partial charge in [-0.2, -0.15) is 0 Å². The number of anilines is 1. The fourth-order valence-electron chi connectivity index (χ4n) is 2.78. The van der Waals surface area contributed by atoms with Crippen LogP contribution < -0.4 is 10.1 Å². The van der Waals surface area contributed by atoms with E-state index in [-0.39, 0.29) is 23.9 Å². The first kappa shape index (κ1) is 20.0. The maximum Gasteiger partial charge on any atom is 0.287 e. The molecule has 1 N–H and O–H groups in total. The summed E-state index contributed by atoms with van der Waals surface area (Å²) in [6.07, 6.45) is 0. The molecule has 7 nitrogen and oxygen atoms in total. The molecule has 0 saturated heterocycles. The lowest BCUT2D eigenvalue weighted by molar-refractivity contribution is -0.117. The molecular formula is C21H18N4O3S2. The minimum Gasteiger partial charge on any atom is -0.484 e. The van der Waals surface area contributed by atoms with Gasteiger partial charge >= 0.3 is 0 Å². The van der Waals surface area contributed by atoms with Crippen LogP contribution in [0.2, 0.25) is 0 Å². The molecule has 0 atom stereocenters. The van der Waals surface area contributed by atoms with Gasteiger partial charge in [0.05, 0.1) is 5.69 Å². The van der Waals surface area contributed by atoms with Gasteiger partial charge in [-0.3, -0.25) is 4.79 Å². The molecule has 2 aromatic carbocycles. The SMILES string of the molecule is Cc1sc(NC(=O)Cn2nc(COc3ccccc3)oc2=S)nc1-c1ccccc1. The Labute approximate surface area is 182 Å². The lowest BCUT2D eigenvalue weighted by atomic mass is 10.1. The van der Waals surface area contributed by atoms with Crippen LogP contribution in [0.1, 0.15) is 10.8 Å². The summed E-state index contributed by atoms with van der Waals surface area (Å²) in [5.41, 5.74) is 1.86. The van der Waals surface area contributed by atoms with Crippen LogP contribution in [0.5, 0.6) is 5.75 Å². The van der Waals surface area contributed by atoms with Crippen molar-refractivity contribution in [1.82, 2.24) is 14.8 Å². The second-order valence-corrected chi connectivity index (χ2v) is 7.91. The standard InChI is InChI=1S/C21H18N4O3S2/c1-14-19(15-8-4-2-5-9-15)23-20(30-14)22-17(26)12-25-21(29)28-18(24-25)13-27-16-10-6-3-7-11-16/h2-11H,12-13H2,1H3,(H,22,23,26). The molecule has 0 bridgehead atoms. The smallest absolute Gasteiger partial charge is 0.287 e. The lowest BCUT2D eigenvalue weighted by Crippen LogP contribution is -2.19. The largest absolute Gasteiger partial charge is 0.484 e. The molecule has 0 spiro atoms. The Hall–Kier alpha value is -3.30. The van der Waals surface area contributed by atoms with Gasteiger partial charge in [-0.15, -0.1) is 16.4 Å². The van der Waals surface area contributed by atoms with Crippen LogP contribution in [0, 0.1) is 11.8 Å². The summed E-state index contributed by atoms with van der Waals surface area (Å²) >= 11 is 6.58. The maximum absolute atomic E-state index is 12.5. The van der Waals surface area contributed by atoms with Crippen LogP contribution in [0.4, 0.5) is 5.13 Å². The highest BCUT2D eigenvalue weighted by molar-refractivity contribution is 7.71. The number of hydrogen-bond acceptors (Lipinski definition) is 7. The van der Waals surface area contributed by atoms with E-state index in [9.17, 15) is 4.79 Å². The summed E-state index contributed by atoms with van der Waals surface area (Å²) in [6.45, 7) is 2.02. The van der Waals surface area contributed by atoms with Crippen LogP contribution in [-0.2, 0) is 17.9 Å². The number of hydrogen-bond donors (Lipinski definition) is 1. The Morgan fingerprint density at radius 2 is 1.87 bits per heavy atom. The number of carbonyl (C=O) groups is 1. The van der Waals surface area contributed by atoms with Gasteiger partial charge in [-0.05, 0) is 31.3 Å². The number of amides is 1. The number of para-hydroxylation sites is 1. The molecule has 4 rings (SSSR count). The third-order valence-electron chi connectivity index (χ3n) is 4.14. The monoisotopic (exact) mass is 438 g/mol. The zero-order valence-corrected chi connectivity index (χ0v) is 17.7. The normalized spacial score (nSPS) is 10.7. The molecule has 0 radical (unpaired) electrons. The van der Waals surface area contributed by atoms with Crippen molar-refractivity contribution in [2.24, 2.45) is 0 Å². The second kappa shape index (κ2) is 9.02. The molecule has 0 saturated carbocycles. The second-order valence-electron chi connectivity index (χ2n) is 6.36. The summed E-state index contributed by atoms with van der Waals surface area (Å²) in [4.78, 5) is 18.1. The molecule has 0 aliphatic carbocycles. The van der Waals surface area contributed by atoms with Crippen molar-refractivity contribution in [2.75, 3.05) is 5.32 Å². The average Bonchev–Trinajstić information content (AvgIpc) is 3.29. The van der Waals surface area contributed by atoms with Crippen molar-refractivity contribution < 1.29 is 13.9 Å². The highest BCUT2D eigenvalue weighted by Gasteiger charge is 2.14. The van der Waals surface area contributed by atoms with E-state index >= 15 is 0 Å². The number of thiazole rings is 1. The van der Waals surface area contributed by atoms with E-state index in [1.165, 1.54) is 16.0 Å². The highest BCUT2D eigenvalue weighted by Crippen LogP contribution is 2.30. The first-order valence-electron chi connectivity index (χ1n) is 9.16. The fraction of sp³-hybridized carbons (Fsp3) is 0.143. The quantitative estimate of drug-likeness (QED) is 0.415. The number of aryl methyl sites for hydroxylation is 1. The van der Waals surface area contributed by atoms with Crippen LogP contribution in [0.15, 0.2) is 65.1 Å². The van der Waals surface area contributed by atoms with Crippen molar-refractivity contribution in [2.45, 2.75) is 20.1 Å². The molecule has 152 valence electrons. The van der Waals surface area contributed by atoms with Crippen LogP contribution >= 0.6 is 23.6 Å². The molecule has 30 heavy (non-hydrogen) atoms. The van der Waals surface area contributed by atoms with Gasteiger partial charge in [0.15, 0.2) is 11.7 Å². The Balaban J connectivity index is 1.39. The van der Waals surface area contributed by atoms with Crippen molar-refractivity contribution in [3.63, 3.8) is 0 Å². The van der Waals surface area contributed by atoms with Gasteiger partial charge in [0.1, 0.15) is 12.3 Å². The summed E-state index contributed by atoms with van der Waals surface area (Å²) in [7, 11) is 0. The Morgan fingerprint density at radius 1 is 1.17 bits per heavy atom. The minimum atomic E-state index is -0.289. The third-order valence-corrected chi connectivity index (χ3v) is 5.32. The zero-order valence-electron chi connectivity index (χ0n) is 16.1. The van der Waals surface area contributed by atoms with Crippen LogP contribution in [0.25, 0.3) is 11.3 Å².